The minimum atomic E-state index is -4.68. The number of pyridine rings is 1. The molecule has 15 nitrogen and oxygen atoms in total. The molecule has 2 aromatic heterocycles. The second kappa shape index (κ2) is 19.5. The Morgan fingerprint density at radius 3 is 2.43 bits per heavy atom. The molecule has 320 valence electrons. The molecule has 18 heteroatoms. The van der Waals surface area contributed by atoms with Crippen molar-refractivity contribution in [1.82, 2.24) is 35.6 Å². The lowest BCUT2D eigenvalue weighted by molar-refractivity contribution is -0.141. The minimum absolute atomic E-state index is 0.0184. The summed E-state index contributed by atoms with van der Waals surface area (Å²) >= 11 is 0. The molecule has 0 unspecified atom stereocenters. The monoisotopic (exact) mass is 842 g/mol. The molecule has 1 aliphatic carbocycles. The summed E-state index contributed by atoms with van der Waals surface area (Å²) in [5.74, 6) is -1.24. The van der Waals surface area contributed by atoms with Crippen molar-refractivity contribution in [3.05, 3.63) is 107 Å². The van der Waals surface area contributed by atoms with Crippen molar-refractivity contribution < 1.29 is 46.6 Å². The number of nitrogens with zero attached hydrogens (tertiary/aromatic N) is 4. The maximum Gasteiger partial charge on any atom is 0.433 e. The van der Waals surface area contributed by atoms with E-state index in [1.165, 1.54) is 13.2 Å². The Morgan fingerprint density at radius 2 is 1.69 bits per heavy atom. The van der Waals surface area contributed by atoms with Crippen LogP contribution in [-0.2, 0) is 22.3 Å². The summed E-state index contributed by atoms with van der Waals surface area (Å²) in [6.45, 7) is 3.85. The summed E-state index contributed by atoms with van der Waals surface area (Å²) in [6, 6.07) is 18.3. The van der Waals surface area contributed by atoms with Gasteiger partial charge in [-0.2, -0.15) is 18.3 Å². The Balaban J connectivity index is 0.932. The van der Waals surface area contributed by atoms with Gasteiger partial charge in [-0.1, -0.05) is 30.3 Å². The number of benzene rings is 3. The van der Waals surface area contributed by atoms with Gasteiger partial charge in [0.2, 0.25) is 6.29 Å². The van der Waals surface area contributed by atoms with Crippen LogP contribution in [0.25, 0.3) is 10.9 Å². The number of methoxy groups -OCH3 is 1. The van der Waals surface area contributed by atoms with Gasteiger partial charge in [-0.05, 0) is 93.1 Å². The van der Waals surface area contributed by atoms with Gasteiger partial charge in [-0.3, -0.25) is 29.2 Å². The molecule has 61 heavy (non-hydrogen) atoms. The van der Waals surface area contributed by atoms with E-state index in [2.05, 4.69) is 25.8 Å². The molecule has 6 rings (SSSR count). The highest BCUT2D eigenvalue weighted by Crippen LogP contribution is 2.36. The van der Waals surface area contributed by atoms with Crippen molar-refractivity contribution in [3.63, 3.8) is 0 Å². The van der Waals surface area contributed by atoms with E-state index in [0.29, 0.717) is 41.6 Å². The summed E-state index contributed by atoms with van der Waals surface area (Å²) in [6.07, 6.45) is 1.01. The molecule has 1 aliphatic rings. The Morgan fingerprint density at radius 1 is 0.934 bits per heavy atom. The van der Waals surface area contributed by atoms with Crippen LogP contribution in [0.4, 0.5) is 23.7 Å². The molecule has 0 atom stereocenters. The van der Waals surface area contributed by atoms with Crippen LogP contribution in [-0.4, -0.2) is 83.5 Å². The molecule has 0 bridgehead atoms. The normalized spacial score (nSPS) is 15.2. The lowest BCUT2D eigenvalue weighted by Gasteiger charge is -2.31. The van der Waals surface area contributed by atoms with Crippen LogP contribution in [0.15, 0.2) is 79.0 Å². The van der Waals surface area contributed by atoms with E-state index < -0.39 is 29.6 Å². The fourth-order valence-corrected chi connectivity index (χ4v) is 7.23. The van der Waals surface area contributed by atoms with E-state index in [0.717, 1.165) is 55.3 Å². The highest BCUT2D eigenvalue weighted by molar-refractivity contribution is 6.29. The van der Waals surface area contributed by atoms with Crippen molar-refractivity contribution in [3.8, 4) is 17.2 Å². The number of urea groups is 1. The molecule has 0 spiro atoms. The molecule has 5 aromatic rings. The van der Waals surface area contributed by atoms with Crippen LogP contribution in [0.2, 0.25) is 0 Å². The highest BCUT2D eigenvalue weighted by Gasteiger charge is 2.33. The first-order valence-electron chi connectivity index (χ1n) is 19.5. The summed E-state index contributed by atoms with van der Waals surface area (Å²) in [5.41, 5.74) is 0.824. The first kappa shape index (κ1) is 43.8. The van der Waals surface area contributed by atoms with E-state index >= 15 is 0 Å². The van der Waals surface area contributed by atoms with Gasteiger partial charge in [0, 0.05) is 43.8 Å². The number of aldehydes is 1. The fraction of sp³-hybridized carbons (Fsp3) is 0.326. The summed E-state index contributed by atoms with van der Waals surface area (Å²) < 4.78 is 52.8. The van der Waals surface area contributed by atoms with E-state index in [1.807, 2.05) is 29.3 Å². The number of alkyl halides is 3. The first-order chi connectivity index (χ1) is 29.2. The summed E-state index contributed by atoms with van der Waals surface area (Å²) in [4.78, 5) is 66.0. The second-order valence-corrected chi connectivity index (χ2v) is 14.8. The SMILES string of the molecule is COc1cc2nn([C@H]3CC[C@H](CN(C)CCNC(=O)NCc4cccc(Oc5cccc(C)c5C(=O)NC(=O)C=O)c4)CC3)cc2cc1NC(=O)c1cccc(C(F)(F)F)n1. The lowest BCUT2D eigenvalue weighted by atomic mass is 9.86. The molecule has 1 saturated carbocycles. The van der Waals surface area contributed by atoms with Crippen molar-refractivity contribution >= 4 is 46.6 Å². The highest BCUT2D eigenvalue weighted by atomic mass is 19.4. The predicted octanol–water partition coefficient (Wildman–Crippen LogP) is 6.43. The maximum atomic E-state index is 13.2. The Labute approximate surface area is 349 Å². The zero-order valence-corrected chi connectivity index (χ0v) is 33.7. The smallest absolute Gasteiger partial charge is 0.433 e. The van der Waals surface area contributed by atoms with E-state index in [9.17, 15) is 37.1 Å². The van der Waals surface area contributed by atoms with Crippen LogP contribution in [0.5, 0.6) is 17.2 Å². The number of carbonyl (C=O) groups is 5. The van der Waals surface area contributed by atoms with Crippen LogP contribution in [0.1, 0.15) is 69.4 Å². The molecule has 0 radical (unpaired) electrons. The van der Waals surface area contributed by atoms with Crippen LogP contribution in [0.3, 0.4) is 0 Å². The second-order valence-electron chi connectivity index (χ2n) is 14.8. The van der Waals surface area contributed by atoms with Crippen molar-refractivity contribution in [2.24, 2.45) is 5.92 Å². The van der Waals surface area contributed by atoms with Gasteiger partial charge >= 0.3 is 12.2 Å². The quantitative estimate of drug-likeness (QED) is 0.0677. The number of likely N-dealkylation sites (N-methyl/N-ethyl adjacent to an activating group) is 1. The van der Waals surface area contributed by atoms with Crippen molar-refractivity contribution in [1.29, 1.82) is 0 Å². The zero-order chi connectivity index (χ0) is 43.7. The first-order valence-corrected chi connectivity index (χ1v) is 19.5. The molecule has 3 aromatic carbocycles. The molecule has 5 amide bonds. The number of aryl methyl sites for hydroxylation is 1. The largest absolute Gasteiger partial charge is 0.494 e. The van der Waals surface area contributed by atoms with Crippen molar-refractivity contribution in [2.45, 2.75) is 51.4 Å². The topological polar surface area (TPSA) is 186 Å². The predicted molar refractivity (Wildman–Crippen MR) is 218 cm³/mol. The van der Waals surface area contributed by atoms with Gasteiger partial charge in [0.25, 0.3) is 17.7 Å². The molecule has 0 aliphatic heterocycles. The maximum absolute atomic E-state index is 13.2. The summed E-state index contributed by atoms with van der Waals surface area (Å²) in [7, 11) is 3.45. The molecule has 1 fully saturated rings. The number of carbonyl (C=O) groups excluding carboxylic acids is 5. The number of halogens is 3. The number of ether oxygens (including phenoxy) is 2. The van der Waals surface area contributed by atoms with Crippen molar-refractivity contribution in [2.75, 3.05) is 39.1 Å². The third-order valence-electron chi connectivity index (χ3n) is 10.3. The number of hydrogen-bond donors (Lipinski definition) is 4. The van der Waals surface area contributed by atoms with Gasteiger partial charge in [-0.25, -0.2) is 9.78 Å². The Hall–Kier alpha value is -6.82. The van der Waals surface area contributed by atoms with Gasteiger partial charge in [0.1, 0.15) is 28.6 Å². The average Bonchev–Trinajstić information content (AvgIpc) is 3.65. The van der Waals surface area contributed by atoms with Gasteiger partial charge in [-0.15, -0.1) is 0 Å². The molecule has 4 N–H and O–H groups in total. The number of aromatic nitrogens is 3. The molecule has 2 heterocycles. The number of amides is 5. The number of anilines is 1. The van der Waals surface area contributed by atoms with Crippen LogP contribution >= 0.6 is 0 Å². The van der Waals surface area contributed by atoms with Gasteiger partial charge in [0.15, 0.2) is 0 Å². The third-order valence-corrected chi connectivity index (χ3v) is 10.3. The average molecular weight is 843 g/mol. The number of hydrogen-bond acceptors (Lipinski definition) is 10. The number of imide groups is 1. The zero-order valence-electron chi connectivity index (χ0n) is 33.7. The van der Waals surface area contributed by atoms with Crippen LogP contribution < -0.4 is 30.7 Å². The Kier molecular flexibility index (Phi) is 14.0. The number of rotatable bonds is 15. The fourth-order valence-electron chi connectivity index (χ4n) is 7.23. The minimum Gasteiger partial charge on any atom is -0.494 e. The summed E-state index contributed by atoms with van der Waals surface area (Å²) in [5, 5.41) is 15.9. The van der Waals surface area contributed by atoms with E-state index in [4.69, 9.17) is 14.6 Å². The number of fused-ring (bicyclic) bond motifs is 1. The standard InChI is InChI=1S/C43H45F3N8O7/c1-26-7-4-11-35(39(26)41(58)51-38(56)25-55)61-31-9-5-8-28(19-31)22-48-42(59)47-17-18-53(2)23-27-13-15-30(16-14-27)54-24-29-20-34(36(60-3)21-33(29)52-54)50-40(57)32-10-6-12-37(49-32)43(44,45)46/h4-12,19-21,24-25,27,30H,13-18,22-23H2,1-3H3,(H,50,57)(H2,47,48,59)(H,51,56,58)/t27-,30-. The number of nitrogens with one attached hydrogen (secondary N) is 4. The molecular weight excluding hydrogens is 798 g/mol. The Bertz CT molecular complexity index is 2410. The van der Waals surface area contributed by atoms with Gasteiger partial charge < -0.3 is 30.3 Å². The lowest BCUT2D eigenvalue weighted by Crippen LogP contribution is -2.40. The third kappa shape index (κ3) is 11.5. The van der Waals surface area contributed by atoms with Crippen LogP contribution in [0, 0.1) is 12.8 Å². The van der Waals surface area contributed by atoms with E-state index in [1.54, 1.807) is 55.5 Å². The molecular formula is C43H45F3N8O7. The molecule has 0 saturated heterocycles. The van der Waals surface area contributed by atoms with Gasteiger partial charge in [0.05, 0.1) is 29.9 Å². The van der Waals surface area contributed by atoms with E-state index in [-0.39, 0.29) is 47.6 Å².